The highest BCUT2D eigenvalue weighted by Gasteiger charge is 2.31. The molecule has 2 N–H and O–H groups in total. The van der Waals surface area contributed by atoms with Gasteiger partial charge in [0.15, 0.2) is 0 Å². The van der Waals surface area contributed by atoms with Crippen LogP contribution in [0, 0.1) is 5.82 Å². The Bertz CT molecular complexity index is 627. The minimum Gasteiger partial charge on any atom is -0.389 e. The summed E-state index contributed by atoms with van der Waals surface area (Å²) in [6.07, 6.45) is -0.0178. The zero-order chi connectivity index (χ0) is 13.6. The van der Waals surface area contributed by atoms with Gasteiger partial charge < -0.3 is 15.1 Å². The predicted molar refractivity (Wildman–Crippen MR) is 73.6 cm³/mol. The summed E-state index contributed by atoms with van der Waals surface area (Å²) in [5, 5.41) is 19.6. The molecular formula is C13H12BrFN2O2. The highest BCUT2D eigenvalue weighted by Crippen LogP contribution is 2.33. The lowest BCUT2D eigenvalue weighted by atomic mass is 10.1. The second kappa shape index (κ2) is 4.70. The predicted octanol–water partition coefficient (Wildman–Crippen LogP) is 1.68. The van der Waals surface area contributed by atoms with Gasteiger partial charge >= 0.3 is 0 Å². The first-order valence-electron chi connectivity index (χ1n) is 5.91. The van der Waals surface area contributed by atoms with Gasteiger partial charge in [0, 0.05) is 23.8 Å². The first kappa shape index (κ1) is 12.8. The normalized spacial score (nSPS) is 23.3. The van der Waals surface area contributed by atoms with Crippen LogP contribution in [0.15, 0.2) is 28.9 Å². The molecule has 1 aliphatic heterocycles. The Labute approximate surface area is 117 Å². The van der Waals surface area contributed by atoms with Gasteiger partial charge in [-0.15, -0.1) is 0 Å². The van der Waals surface area contributed by atoms with Crippen LogP contribution < -0.4 is 4.90 Å². The zero-order valence-electron chi connectivity index (χ0n) is 9.92. The van der Waals surface area contributed by atoms with E-state index >= 15 is 0 Å². The molecule has 2 heterocycles. The van der Waals surface area contributed by atoms with E-state index in [4.69, 9.17) is 0 Å². The molecule has 100 valence electrons. The fourth-order valence-corrected chi connectivity index (χ4v) is 2.84. The van der Waals surface area contributed by atoms with Crippen molar-refractivity contribution in [2.24, 2.45) is 0 Å². The van der Waals surface area contributed by atoms with Crippen molar-refractivity contribution in [3.05, 3.63) is 34.7 Å². The standard InChI is InChI=1S/C13H12BrFN2O2/c14-7-1-2-8(15)12-9(3-4-16-13(7)12)17-5-10(18)11(19)6-17/h1-4,10-11,18-19H,5-6H2/t10-,11+. The molecule has 0 unspecified atom stereocenters. The number of aliphatic hydroxyl groups excluding tert-OH is 2. The summed E-state index contributed by atoms with van der Waals surface area (Å²) in [6.45, 7) is 0.568. The Morgan fingerprint density at radius 1 is 1.21 bits per heavy atom. The van der Waals surface area contributed by atoms with E-state index in [1.54, 1.807) is 23.2 Å². The third-order valence-corrected chi connectivity index (χ3v) is 4.01. The molecule has 1 fully saturated rings. The summed E-state index contributed by atoms with van der Waals surface area (Å²) in [4.78, 5) is 5.95. The van der Waals surface area contributed by atoms with Crippen LogP contribution in [0.1, 0.15) is 0 Å². The van der Waals surface area contributed by atoms with E-state index in [0.717, 1.165) is 0 Å². The van der Waals surface area contributed by atoms with Gasteiger partial charge in [-0.05, 0) is 34.1 Å². The number of anilines is 1. The second-order valence-corrected chi connectivity index (χ2v) is 5.48. The molecule has 1 aromatic heterocycles. The molecule has 2 atom stereocenters. The molecular weight excluding hydrogens is 315 g/mol. The third-order valence-electron chi connectivity index (χ3n) is 3.37. The molecule has 4 nitrogen and oxygen atoms in total. The molecule has 6 heteroatoms. The number of nitrogens with zero attached hydrogens (tertiary/aromatic N) is 2. The molecule has 1 aliphatic rings. The number of benzene rings is 1. The highest BCUT2D eigenvalue weighted by molar-refractivity contribution is 9.10. The SMILES string of the molecule is O[C@@H]1CN(c2ccnc3c(Br)ccc(F)c23)C[C@@H]1O. The molecule has 3 rings (SSSR count). The number of rotatable bonds is 1. The summed E-state index contributed by atoms with van der Waals surface area (Å²) in [5.41, 5.74) is 1.17. The van der Waals surface area contributed by atoms with Crippen molar-refractivity contribution in [2.75, 3.05) is 18.0 Å². The lowest BCUT2D eigenvalue weighted by Crippen LogP contribution is -2.22. The summed E-state index contributed by atoms with van der Waals surface area (Å²) in [5.74, 6) is -0.364. The maximum atomic E-state index is 14.1. The van der Waals surface area contributed by atoms with E-state index < -0.39 is 12.2 Å². The molecule has 19 heavy (non-hydrogen) atoms. The van der Waals surface area contributed by atoms with E-state index in [-0.39, 0.29) is 18.9 Å². The van der Waals surface area contributed by atoms with Crippen molar-refractivity contribution in [2.45, 2.75) is 12.2 Å². The first-order chi connectivity index (χ1) is 9.08. The van der Waals surface area contributed by atoms with Crippen LogP contribution in [0.2, 0.25) is 0 Å². The van der Waals surface area contributed by atoms with Crippen molar-refractivity contribution in [3.63, 3.8) is 0 Å². The maximum Gasteiger partial charge on any atom is 0.134 e. The topological polar surface area (TPSA) is 56.6 Å². The Morgan fingerprint density at radius 3 is 2.58 bits per heavy atom. The molecule has 0 saturated carbocycles. The largest absolute Gasteiger partial charge is 0.389 e. The summed E-state index contributed by atoms with van der Waals surface area (Å²) in [6, 6.07) is 4.69. The van der Waals surface area contributed by atoms with Crippen LogP contribution in [0.3, 0.4) is 0 Å². The first-order valence-corrected chi connectivity index (χ1v) is 6.71. The van der Waals surface area contributed by atoms with Crippen LogP contribution in [0.25, 0.3) is 10.9 Å². The smallest absolute Gasteiger partial charge is 0.134 e. The number of aromatic nitrogens is 1. The van der Waals surface area contributed by atoms with Gasteiger partial charge in [0.25, 0.3) is 0 Å². The van der Waals surface area contributed by atoms with E-state index in [1.165, 1.54) is 6.07 Å². The van der Waals surface area contributed by atoms with Gasteiger partial charge in [0.1, 0.15) is 5.82 Å². The Balaban J connectivity index is 2.17. The van der Waals surface area contributed by atoms with Gasteiger partial charge in [0.05, 0.1) is 28.8 Å². The van der Waals surface area contributed by atoms with Crippen LogP contribution in [-0.2, 0) is 0 Å². The van der Waals surface area contributed by atoms with Crippen molar-refractivity contribution in [1.82, 2.24) is 4.98 Å². The van der Waals surface area contributed by atoms with E-state index in [2.05, 4.69) is 20.9 Å². The number of β-amino-alcohol motifs (C(OH)–C–C–N with tert-alkyl or cyclic N) is 2. The third kappa shape index (κ3) is 2.09. The number of hydrogen-bond donors (Lipinski definition) is 2. The van der Waals surface area contributed by atoms with Crippen molar-refractivity contribution >= 4 is 32.5 Å². The fourth-order valence-electron chi connectivity index (χ4n) is 2.41. The highest BCUT2D eigenvalue weighted by atomic mass is 79.9. The number of hydrogen-bond acceptors (Lipinski definition) is 4. The molecule has 0 spiro atoms. The van der Waals surface area contributed by atoms with Crippen LogP contribution in [0.5, 0.6) is 0 Å². The van der Waals surface area contributed by atoms with Gasteiger partial charge in [-0.25, -0.2) is 4.39 Å². The monoisotopic (exact) mass is 326 g/mol. The Morgan fingerprint density at radius 2 is 1.89 bits per heavy atom. The van der Waals surface area contributed by atoms with Gasteiger partial charge in [-0.2, -0.15) is 0 Å². The lowest BCUT2D eigenvalue weighted by molar-refractivity contribution is 0.0572. The molecule has 1 saturated heterocycles. The van der Waals surface area contributed by atoms with Crippen LogP contribution in [0.4, 0.5) is 10.1 Å². The molecule has 1 aromatic carbocycles. The zero-order valence-corrected chi connectivity index (χ0v) is 11.5. The quantitative estimate of drug-likeness (QED) is 0.837. The van der Waals surface area contributed by atoms with Gasteiger partial charge in [-0.3, -0.25) is 4.98 Å². The number of fused-ring (bicyclic) bond motifs is 1. The number of pyridine rings is 1. The van der Waals surface area contributed by atoms with Gasteiger partial charge in [-0.1, -0.05) is 0 Å². The number of aliphatic hydroxyl groups is 2. The van der Waals surface area contributed by atoms with Crippen molar-refractivity contribution in [1.29, 1.82) is 0 Å². The average Bonchev–Trinajstić information content (AvgIpc) is 2.73. The molecule has 2 aromatic rings. The van der Waals surface area contributed by atoms with E-state index in [9.17, 15) is 14.6 Å². The maximum absolute atomic E-state index is 14.1. The van der Waals surface area contributed by atoms with Crippen molar-refractivity contribution in [3.8, 4) is 0 Å². The fraction of sp³-hybridized carbons (Fsp3) is 0.308. The minimum atomic E-state index is -0.807. The molecule has 0 radical (unpaired) electrons. The molecule has 0 amide bonds. The summed E-state index contributed by atoms with van der Waals surface area (Å²) >= 11 is 3.35. The van der Waals surface area contributed by atoms with E-state index in [0.29, 0.717) is 21.1 Å². The second-order valence-electron chi connectivity index (χ2n) is 4.62. The minimum absolute atomic E-state index is 0.284. The van der Waals surface area contributed by atoms with Crippen LogP contribution in [-0.4, -0.2) is 40.5 Å². The number of halogens is 2. The Hall–Kier alpha value is -1.24. The van der Waals surface area contributed by atoms with Gasteiger partial charge in [0.2, 0.25) is 0 Å². The van der Waals surface area contributed by atoms with Crippen molar-refractivity contribution < 1.29 is 14.6 Å². The molecule has 0 bridgehead atoms. The van der Waals surface area contributed by atoms with Crippen LogP contribution >= 0.6 is 15.9 Å². The summed E-state index contributed by atoms with van der Waals surface area (Å²) < 4.78 is 14.8. The summed E-state index contributed by atoms with van der Waals surface area (Å²) in [7, 11) is 0. The van der Waals surface area contributed by atoms with E-state index in [1.807, 2.05) is 0 Å². The lowest BCUT2D eigenvalue weighted by Gasteiger charge is -2.20. The molecule has 0 aliphatic carbocycles. The average molecular weight is 327 g/mol. The Kier molecular flexibility index (Phi) is 3.16.